The number of halogens is 6. The van der Waals surface area contributed by atoms with Crippen LogP contribution in [0, 0.1) is 0 Å². The Morgan fingerprint density at radius 2 is 1.16 bits per heavy atom. The van der Waals surface area contributed by atoms with Crippen LogP contribution in [0.5, 0.6) is 11.5 Å². The van der Waals surface area contributed by atoms with Crippen molar-refractivity contribution < 1.29 is 35.8 Å². The lowest BCUT2D eigenvalue weighted by atomic mass is 9.98. The van der Waals surface area contributed by atoms with Gasteiger partial charge in [-0.2, -0.15) is 26.3 Å². The molecule has 2 aromatic carbocycles. The van der Waals surface area contributed by atoms with Gasteiger partial charge < -0.3 is 19.8 Å². The van der Waals surface area contributed by atoms with Crippen molar-refractivity contribution in [3.8, 4) is 34.0 Å². The van der Waals surface area contributed by atoms with Gasteiger partial charge in [0.1, 0.15) is 17.3 Å². The molecule has 0 radical (unpaired) electrons. The molecule has 0 atom stereocenters. The quantitative estimate of drug-likeness (QED) is 0.543. The Morgan fingerprint density at radius 1 is 0.750 bits per heavy atom. The number of alkyl halides is 6. The number of hydrogen-bond acceptors (Lipinski definition) is 4. The van der Waals surface area contributed by atoms with Gasteiger partial charge >= 0.3 is 12.4 Å². The van der Waals surface area contributed by atoms with Gasteiger partial charge in [-0.15, -0.1) is 0 Å². The van der Waals surface area contributed by atoms with Crippen molar-refractivity contribution in [2.24, 2.45) is 12.8 Å². The van der Waals surface area contributed by atoms with Crippen molar-refractivity contribution in [2.45, 2.75) is 17.9 Å². The minimum Gasteiger partial charge on any atom is -0.497 e. The van der Waals surface area contributed by atoms with Gasteiger partial charge in [-0.05, 0) is 48.5 Å². The third kappa shape index (κ3) is 3.77. The molecule has 172 valence electrons. The summed E-state index contributed by atoms with van der Waals surface area (Å²) in [5.41, 5.74) is 0.883. The minimum absolute atomic E-state index is 0.0242. The molecule has 0 amide bonds. The highest BCUT2D eigenvalue weighted by Gasteiger charge is 2.72. The summed E-state index contributed by atoms with van der Waals surface area (Å²) in [5, 5.41) is 0. The number of nitrogens with zero attached hydrogens (tertiary/aromatic N) is 2. The zero-order valence-corrected chi connectivity index (χ0v) is 17.2. The molecule has 0 saturated carbocycles. The fourth-order valence-corrected chi connectivity index (χ4v) is 3.29. The summed E-state index contributed by atoms with van der Waals surface area (Å²) in [7, 11) is 3.91. The number of methoxy groups -OCH3 is 2. The van der Waals surface area contributed by atoms with Crippen LogP contribution in [-0.2, 0) is 12.6 Å². The highest BCUT2D eigenvalue weighted by atomic mass is 19.4. The summed E-state index contributed by atoms with van der Waals surface area (Å²) < 4.78 is 92.9. The van der Waals surface area contributed by atoms with Crippen molar-refractivity contribution in [2.75, 3.05) is 14.2 Å². The summed E-state index contributed by atoms with van der Waals surface area (Å²) in [5.74, 6) is -0.468. The molecule has 3 rings (SSSR count). The molecule has 32 heavy (non-hydrogen) atoms. The standard InChI is InChI=1S/C21H19F6N3O2/c1-30-17(13-6-10-15(32-3)11-7-13)16(12-4-8-14(31-2)9-5-12)29-18(30)19(28,20(22,23)24)21(25,26)27/h4-11H,28H2,1-3H3. The average Bonchev–Trinajstić information content (AvgIpc) is 3.08. The van der Waals surface area contributed by atoms with Crippen LogP contribution in [-0.4, -0.2) is 36.1 Å². The predicted molar refractivity (Wildman–Crippen MR) is 105 cm³/mol. The first kappa shape index (κ1) is 23.5. The van der Waals surface area contributed by atoms with Gasteiger partial charge in [0.2, 0.25) is 0 Å². The van der Waals surface area contributed by atoms with Gasteiger partial charge in [0.15, 0.2) is 0 Å². The van der Waals surface area contributed by atoms with Gasteiger partial charge in [-0.1, -0.05) is 0 Å². The third-order valence-electron chi connectivity index (χ3n) is 5.07. The molecular formula is C21H19F6N3O2. The lowest BCUT2D eigenvalue weighted by Gasteiger charge is -2.32. The first-order chi connectivity index (χ1) is 14.8. The van der Waals surface area contributed by atoms with E-state index >= 15 is 0 Å². The number of benzene rings is 2. The lowest BCUT2D eigenvalue weighted by molar-refractivity contribution is -0.304. The van der Waals surface area contributed by atoms with Gasteiger partial charge in [0.25, 0.3) is 5.54 Å². The van der Waals surface area contributed by atoms with Crippen molar-refractivity contribution in [1.82, 2.24) is 9.55 Å². The monoisotopic (exact) mass is 459 g/mol. The molecule has 0 fully saturated rings. The average molecular weight is 459 g/mol. The van der Waals surface area contributed by atoms with Crippen molar-refractivity contribution in [1.29, 1.82) is 0 Å². The molecule has 1 heterocycles. The maximum Gasteiger partial charge on any atom is 0.422 e. The van der Waals surface area contributed by atoms with Crippen LogP contribution in [0.2, 0.25) is 0 Å². The van der Waals surface area contributed by atoms with E-state index in [2.05, 4.69) is 4.98 Å². The first-order valence-electron chi connectivity index (χ1n) is 9.13. The van der Waals surface area contributed by atoms with Gasteiger partial charge in [-0.25, -0.2) is 4.98 Å². The zero-order valence-electron chi connectivity index (χ0n) is 17.2. The highest BCUT2D eigenvalue weighted by Crippen LogP contribution is 2.49. The van der Waals surface area contributed by atoms with E-state index in [-0.39, 0.29) is 17.0 Å². The largest absolute Gasteiger partial charge is 0.497 e. The SMILES string of the molecule is COc1ccc(-c2nc(C(N)(C(F)(F)F)C(F)(F)F)n(C)c2-c2ccc(OC)cc2)cc1. The van der Waals surface area contributed by atoms with Crippen LogP contribution in [0.25, 0.3) is 22.5 Å². The molecule has 0 saturated heterocycles. The summed E-state index contributed by atoms with van der Waals surface area (Å²) in [6.45, 7) is 0. The van der Waals surface area contributed by atoms with Crippen molar-refractivity contribution in [3.05, 3.63) is 54.4 Å². The highest BCUT2D eigenvalue weighted by molar-refractivity contribution is 5.79. The molecule has 3 aromatic rings. The molecule has 11 heteroatoms. The Kier molecular flexibility index (Phi) is 5.90. The van der Waals surface area contributed by atoms with E-state index in [4.69, 9.17) is 15.2 Å². The molecule has 1 aromatic heterocycles. The molecule has 0 aliphatic carbocycles. The van der Waals surface area contributed by atoms with Crippen molar-refractivity contribution in [3.63, 3.8) is 0 Å². The second kappa shape index (κ2) is 8.05. The van der Waals surface area contributed by atoms with Crippen molar-refractivity contribution >= 4 is 0 Å². The molecule has 2 N–H and O–H groups in total. The zero-order chi connectivity index (χ0) is 23.9. The van der Waals surface area contributed by atoms with E-state index in [1.807, 2.05) is 0 Å². The second-order valence-electron chi connectivity index (χ2n) is 6.95. The van der Waals surface area contributed by atoms with E-state index in [0.717, 1.165) is 11.6 Å². The molecule has 0 aliphatic heterocycles. The van der Waals surface area contributed by atoms with Gasteiger partial charge in [0, 0.05) is 18.2 Å². The van der Waals surface area contributed by atoms with Crippen LogP contribution >= 0.6 is 0 Å². The topological polar surface area (TPSA) is 62.3 Å². The van der Waals surface area contributed by atoms with Crippen LogP contribution in [0.1, 0.15) is 5.82 Å². The van der Waals surface area contributed by atoms with Crippen LogP contribution in [0.4, 0.5) is 26.3 Å². The number of hydrogen-bond donors (Lipinski definition) is 1. The summed E-state index contributed by atoms with van der Waals surface area (Å²) in [6, 6.07) is 12.1. The van der Waals surface area contributed by atoms with E-state index in [0.29, 0.717) is 17.1 Å². The molecular weight excluding hydrogens is 440 g/mol. The first-order valence-corrected chi connectivity index (χ1v) is 9.13. The summed E-state index contributed by atoms with van der Waals surface area (Å²) >= 11 is 0. The predicted octanol–water partition coefficient (Wildman–Crippen LogP) is 5.05. The fourth-order valence-electron chi connectivity index (χ4n) is 3.29. The number of imidazole rings is 1. The Bertz CT molecular complexity index is 1070. The Balaban J connectivity index is 2.34. The lowest BCUT2D eigenvalue weighted by Crippen LogP contribution is -2.62. The maximum atomic E-state index is 13.7. The molecule has 0 bridgehead atoms. The second-order valence-corrected chi connectivity index (χ2v) is 6.95. The Hall–Kier alpha value is -3.21. The Labute approximate surface area is 179 Å². The summed E-state index contributed by atoms with van der Waals surface area (Å²) in [6.07, 6.45) is -11.7. The molecule has 0 unspecified atom stereocenters. The van der Waals surface area contributed by atoms with Gasteiger partial charge in [0.05, 0.1) is 25.6 Å². The van der Waals surface area contributed by atoms with E-state index in [1.54, 1.807) is 0 Å². The van der Waals surface area contributed by atoms with E-state index in [1.165, 1.54) is 62.8 Å². The van der Waals surface area contributed by atoms with Crippen LogP contribution in [0.15, 0.2) is 48.5 Å². The normalized spacial score (nSPS) is 12.7. The number of nitrogens with two attached hydrogens (primary N) is 1. The summed E-state index contributed by atoms with van der Waals surface area (Å²) in [4.78, 5) is 3.79. The smallest absolute Gasteiger partial charge is 0.422 e. The molecule has 0 spiro atoms. The molecule has 0 aliphatic rings. The Morgan fingerprint density at radius 3 is 1.53 bits per heavy atom. The maximum absolute atomic E-state index is 13.7. The third-order valence-corrected chi connectivity index (χ3v) is 5.07. The number of rotatable bonds is 5. The van der Waals surface area contributed by atoms with Crippen LogP contribution in [0.3, 0.4) is 0 Å². The number of aromatic nitrogens is 2. The van der Waals surface area contributed by atoms with E-state index < -0.39 is 23.7 Å². The molecule has 5 nitrogen and oxygen atoms in total. The fraction of sp³-hybridized carbons (Fsp3) is 0.286. The number of ether oxygens (including phenoxy) is 2. The van der Waals surface area contributed by atoms with E-state index in [9.17, 15) is 26.3 Å². The van der Waals surface area contributed by atoms with Crippen LogP contribution < -0.4 is 15.2 Å². The van der Waals surface area contributed by atoms with Gasteiger partial charge in [-0.3, -0.25) is 0 Å². The minimum atomic E-state index is -5.85.